The number of carboxylic acid groups (broad SMARTS) is 1. The molecule has 3 heteroatoms. The molecule has 2 N–H and O–H groups in total. The van der Waals surface area contributed by atoms with Gasteiger partial charge in [0.2, 0.25) is 0 Å². The minimum atomic E-state index is -0.250. The van der Waals surface area contributed by atoms with Crippen molar-refractivity contribution >= 4 is 6.47 Å². The first-order chi connectivity index (χ1) is 4.72. The van der Waals surface area contributed by atoms with Gasteiger partial charge in [-0.1, -0.05) is 6.92 Å². The third-order valence-corrected chi connectivity index (χ3v) is 1.92. The van der Waals surface area contributed by atoms with E-state index in [1.165, 1.54) is 13.0 Å². The molecule has 1 fully saturated rings. The van der Waals surface area contributed by atoms with Crippen molar-refractivity contribution < 1.29 is 9.90 Å². The Morgan fingerprint density at radius 2 is 2.10 bits per heavy atom. The molecule has 0 aromatic rings. The van der Waals surface area contributed by atoms with E-state index < -0.39 is 0 Å². The molecule has 1 rings (SSSR count). The van der Waals surface area contributed by atoms with E-state index in [0.717, 1.165) is 12.0 Å². The Bertz CT molecular complexity index is 87.6. The summed E-state index contributed by atoms with van der Waals surface area (Å²) in [5.74, 6) is 0.903. The molecule has 0 bridgehead atoms. The monoisotopic (exact) mass is 145 g/mol. The lowest BCUT2D eigenvalue weighted by molar-refractivity contribution is -0.122. The summed E-state index contributed by atoms with van der Waals surface area (Å²) in [6.45, 7) is 5.52. The third kappa shape index (κ3) is 3.45. The smallest absolute Gasteiger partial charge is 0.290 e. The molecule has 10 heavy (non-hydrogen) atoms. The molecule has 2 unspecified atom stereocenters. The summed E-state index contributed by atoms with van der Waals surface area (Å²) in [5, 5.41) is 10.3. The molecular formula is C7H15NO2. The van der Waals surface area contributed by atoms with E-state index in [-0.39, 0.29) is 6.47 Å². The average molecular weight is 145 g/mol. The predicted octanol–water partition coefficient (Wildman–Crippen LogP) is 0.705. The summed E-state index contributed by atoms with van der Waals surface area (Å²) in [6.07, 6.45) is 1.36. The SMILES string of the molecule is CC1CCNC1C.O=CO. The first-order valence-corrected chi connectivity index (χ1v) is 3.53. The maximum atomic E-state index is 8.36. The first kappa shape index (κ1) is 9.43. The van der Waals surface area contributed by atoms with E-state index in [1.54, 1.807) is 0 Å². The van der Waals surface area contributed by atoms with Gasteiger partial charge in [0.25, 0.3) is 6.47 Å². The summed E-state index contributed by atoms with van der Waals surface area (Å²) in [5.41, 5.74) is 0. The first-order valence-electron chi connectivity index (χ1n) is 3.53. The summed E-state index contributed by atoms with van der Waals surface area (Å²) in [6, 6.07) is 0.764. The van der Waals surface area contributed by atoms with Crippen molar-refractivity contribution in [1.82, 2.24) is 5.32 Å². The Kier molecular flexibility index (Phi) is 4.94. The van der Waals surface area contributed by atoms with Gasteiger partial charge in [-0.2, -0.15) is 0 Å². The van der Waals surface area contributed by atoms with Crippen molar-refractivity contribution in [2.45, 2.75) is 26.3 Å². The number of nitrogens with one attached hydrogen (secondary N) is 1. The van der Waals surface area contributed by atoms with E-state index in [9.17, 15) is 0 Å². The van der Waals surface area contributed by atoms with Crippen LogP contribution in [0.4, 0.5) is 0 Å². The van der Waals surface area contributed by atoms with Crippen molar-refractivity contribution in [3.8, 4) is 0 Å². The fourth-order valence-corrected chi connectivity index (χ4v) is 0.990. The second-order valence-electron chi connectivity index (χ2n) is 2.61. The molecule has 0 radical (unpaired) electrons. The second-order valence-corrected chi connectivity index (χ2v) is 2.61. The van der Waals surface area contributed by atoms with Crippen molar-refractivity contribution in [2.24, 2.45) is 5.92 Å². The normalized spacial score (nSPS) is 30.6. The van der Waals surface area contributed by atoms with E-state index >= 15 is 0 Å². The minimum Gasteiger partial charge on any atom is -0.483 e. The van der Waals surface area contributed by atoms with Gasteiger partial charge in [-0.05, 0) is 25.8 Å². The molecule has 0 saturated carbocycles. The van der Waals surface area contributed by atoms with Crippen molar-refractivity contribution in [3.05, 3.63) is 0 Å². The maximum absolute atomic E-state index is 8.36. The Labute approximate surface area is 61.4 Å². The molecule has 0 aromatic carbocycles. The lowest BCUT2D eigenvalue weighted by Gasteiger charge is -2.05. The molecule has 0 amide bonds. The standard InChI is InChI=1S/C6H13N.CH2O2/c1-5-3-4-7-6(5)2;2-1-3/h5-7H,3-4H2,1-2H3;1H,(H,2,3). The fraction of sp³-hybridized carbons (Fsp3) is 0.857. The van der Waals surface area contributed by atoms with Crippen LogP contribution in [0.5, 0.6) is 0 Å². The summed E-state index contributed by atoms with van der Waals surface area (Å²) < 4.78 is 0. The molecule has 3 nitrogen and oxygen atoms in total. The predicted molar refractivity (Wildman–Crippen MR) is 39.9 cm³/mol. The highest BCUT2D eigenvalue weighted by Crippen LogP contribution is 2.12. The third-order valence-electron chi connectivity index (χ3n) is 1.92. The molecule has 2 atom stereocenters. The minimum absolute atomic E-state index is 0.250. The van der Waals surface area contributed by atoms with Crippen molar-refractivity contribution in [2.75, 3.05) is 6.54 Å². The Hall–Kier alpha value is -0.570. The van der Waals surface area contributed by atoms with Gasteiger partial charge < -0.3 is 10.4 Å². The van der Waals surface area contributed by atoms with Gasteiger partial charge in [-0.25, -0.2) is 0 Å². The van der Waals surface area contributed by atoms with Crippen molar-refractivity contribution in [3.63, 3.8) is 0 Å². The molecule has 1 aliphatic rings. The molecule has 60 valence electrons. The molecule has 1 aliphatic heterocycles. The van der Waals surface area contributed by atoms with E-state index in [0.29, 0.717) is 0 Å². The summed E-state index contributed by atoms with van der Waals surface area (Å²) in [7, 11) is 0. The van der Waals surface area contributed by atoms with Gasteiger partial charge in [0, 0.05) is 6.04 Å². The van der Waals surface area contributed by atoms with Crippen LogP contribution in [0.25, 0.3) is 0 Å². The highest BCUT2D eigenvalue weighted by molar-refractivity contribution is 5.32. The van der Waals surface area contributed by atoms with Crippen molar-refractivity contribution in [1.29, 1.82) is 0 Å². The average Bonchev–Trinajstić information content (AvgIpc) is 2.19. The highest BCUT2D eigenvalue weighted by Gasteiger charge is 2.16. The molecule has 1 heterocycles. The van der Waals surface area contributed by atoms with E-state index in [2.05, 4.69) is 19.2 Å². The number of hydrogen-bond donors (Lipinski definition) is 2. The van der Waals surface area contributed by atoms with E-state index in [4.69, 9.17) is 9.90 Å². The zero-order chi connectivity index (χ0) is 7.98. The second kappa shape index (κ2) is 5.23. The quantitative estimate of drug-likeness (QED) is 0.493. The van der Waals surface area contributed by atoms with Gasteiger partial charge in [-0.15, -0.1) is 0 Å². The van der Waals surface area contributed by atoms with Crippen LogP contribution < -0.4 is 5.32 Å². The Balaban J connectivity index is 0.000000236. The van der Waals surface area contributed by atoms with Crippen LogP contribution in [0.1, 0.15) is 20.3 Å². The zero-order valence-electron chi connectivity index (χ0n) is 6.50. The Morgan fingerprint density at radius 3 is 2.20 bits per heavy atom. The molecule has 1 saturated heterocycles. The van der Waals surface area contributed by atoms with Crippen LogP contribution in [-0.2, 0) is 4.79 Å². The molecule has 0 aromatic heterocycles. The van der Waals surface area contributed by atoms with Crippen LogP contribution in [0.2, 0.25) is 0 Å². The van der Waals surface area contributed by atoms with Gasteiger partial charge in [0.1, 0.15) is 0 Å². The Morgan fingerprint density at radius 1 is 1.60 bits per heavy atom. The van der Waals surface area contributed by atoms with Gasteiger partial charge in [0.05, 0.1) is 0 Å². The maximum Gasteiger partial charge on any atom is 0.290 e. The lowest BCUT2D eigenvalue weighted by atomic mass is 10.1. The van der Waals surface area contributed by atoms with Crippen LogP contribution in [0.15, 0.2) is 0 Å². The summed E-state index contributed by atoms with van der Waals surface area (Å²) >= 11 is 0. The fourth-order valence-electron chi connectivity index (χ4n) is 0.990. The van der Waals surface area contributed by atoms with Gasteiger partial charge in [-0.3, -0.25) is 4.79 Å². The van der Waals surface area contributed by atoms with Gasteiger partial charge >= 0.3 is 0 Å². The van der Waals surface area contributed by atoms with Crippen LogP contribution in [0, 0.1) is 5.92 Å². The topological polar surface area (TPSA) is 49.3 Å². The van der Waals surface area contributed by atoms with Gasteiger partial charge in [0.15, 0.2) is 0 Å². The number of hydrogen-bond acceptors (Lipinski definition) is 2. The highest BCUT2D eigenvalue weighted by atomic mass is 16.3. The molecule has 0 spiro atoms. The van der Waals surface area contributed by atoms with Crippen LogP contribution in [0.3, 0.4) is 0 Å². The van der Waals surface area contributed by atoms with Crippen LogP contribution in [-0.4, -0.2) is 24.2 Å². The van der Waals surface area contributed by atoms with Crippen LogP contribution >= 0.6 is 0 Å². The molecular weight excluding hydrogens is 130 g/mol. The summed E-state index contributed by atoms with van der Waals surface area (Å²) in [4.78, 5) is 8.36. The largest absolute Gasteiger partial charge is 0.483 e. The lowest BCUT2D eigenvalue weighted by Crippen LogP contribution is -2.20. The van der Waals surface area contributed by atoms with E-state index in [1.807, 2.05) is 0 Å². The number of carbonyl (C=O) groups is 1. The number of rotatable bonds is 0. The zero-order valence-corrected chi connectivity index (χ0v) is 6.50. The molecule has 0 aliphatic carbocycles.